The van der Waals surface area contributed by atoms with Crippen LogP contribution in [0.4, 0.5) is 0 Å². The van der Waals surface area contributed by atoms with Gasteiger partial charge in [0.2, 0.25) is 5.89 Å². The summed E-state index contributed by atoms with van der Waals surface area (Å²) in [6.07, 6.45) is 0. The highest BCUT2D eigenvalue weighted by molar-refractivity contribution is 9.10. The first kappa shape index (κ1) is 15.0. The van der Waals surface area contributed by atoms with Crippen molar-refractivity contribution < 1.29 is 8.83 Å². The van der Waals surface area contributed by atoms with Crippen LogP contribution in [-0.2, 0) is 5.75 Å². The molecule has 3 aromatic rings. The number of hydrogen-bond donors (Lipinski definition) is 0. The van der Waals surface area contributed by atoms with Crippen molar-refractivity contribution in [1.82, 2.24) is 10.2 Å². The lowest BCUT2D eigenvalue weighted by Gasteiger charge is -2.03. The quantitative estimate of drug-likeness (QED) is 0.521. The van der Waals surface area contributed by atoms with Crippen molar-refractivity contribution >= 4 is 50.9 Å². The normalized spacial score (nSPS) is 11.0. The molecule has 3 rings (SSSR count). The lowest BCUT2D eigenvalue weighted by Crippen LogP contribution is -1.82. The number of aromatic nitrogens is 2. The van der Waals surface area contributed by atoms with Gasteiger partial charge in [0.15, 0.2) is 10.4 Å². The molecule has 0 fully saturated rings. The minimum absolute atomic E-state index is 0.335. The molecule has 0 bridgehead atoms. The van der Waals surface area contributed by atoms with Crippen LogP contribution in [0, 0.1) is 0 Å². The van der Waals surface area contributed by atoms with Gasteiger partial charge < -0.3 is 8.83 Å². The number of nitrogens with zero attached hydrogens (tertiary/aromatic N) is 2. The Bertz CT molecular complexity index is 755. The van der Waals surface area contributed by atoms with Crippen LogP contribution < -0.4 is 0 Å². The molecule has 108 valence electrons. The fraction of sp³-hybridized carbons (Fsp3) is 0.0769. The molecule has 0 aliphatic carbocycles. The summed E-state index contributed by atoms with van der Waals surface area (Å²) in [5.41, 5.74) is 0. The minimum Gasteiger partial charge on any atom is -0.444 e. The highest BCUT2D eigenvalue weighted by Gasteiger charge is 2.14. The third-order valence-corrected chi connectivity index (χ3v) is 4.91. The second-order valence-corrected chi connectivity index (χ2v) is 6.53. The molecule has 0 spiro atoms. The Balaban J connectivity index is 1.73. The van der Waals surface area contributed by atoms with E-state index in [1.807, 2.05) is 0 Å². The van der Waals surface area contributed by atoms with E-state index in [0.29, 0.717) is 38.0 Å². The summed E-state index contributed by atoms with van der Waals surface area (Å²) in [5, 5.41) is 9.12. The van der Waals surface area contributed by atoms with Crippen LogP contribution in [-0.4, -0.2) is 10.2 Å². The summed E-state index contributed by atoms with van der Waals surface area (Å²) in [6, 6.07) is 8.88. The first-order valence-electron chi connectivity index (χ1n) is 5.78. The molecular formula is C13H7BrCl2N2O2S. The molecule has 0 radical (unpaired) electrons. The van der Waals surface area contributed by atoms with E-state index in [0.717, 1.165) is 4.90 Å². The van der Waals surface area contributed by atoms with Crippen LogP contribution in [0.5, 0.6) is 0 Å². The van der Waals surface area contributed by atoms with Crippen LogP contribution in [0.1, 0.15) is 5.89 Å². The van der Waals surface area contributed by atoms with Gasteiger partial charge in [0.05, 0.1) is 15.8 Å². The highest BCUT2D eigenvalue weighted by Crippen LogP contribution is 2.35. The number of furan rings is 1. The van der Waals surface area contributed by atoms with Crippen LogP contribution >= 0.6 is 50.9 Å². The summed E-state index contributed by atoms with van der Waals surface area (Å²) in [4.78, 5) is 0.793. The Kier molecular flexibility index (Phi) is 4.59. The predicted molar refractivity (Wildman–Crippen MR) is 85.7 cm³/mol. The van der Waals surface area contributed by atoms with Crippen molar-refractivity contribution in [2.75, 3.05) is 0 Å². The summed E-state index contributed by atoms with van der Waals surface area (Å²) in [7, 11) is 0. The molecule has 1 aromatic carbocycles. The lowest BCUT2D eigenvalue weighted by molar-refractivity contribution is 0.486. The van der Waals surface area contributed by atoms with Gasteiger partial charge >= 0.3 is 0 Å². The number of thioether (sulfide) groups is 1. The molecule has 0 unspecified atom stereocenters. The standard InChI is InChI=1S/C13H7BrCl2N2O2S/c14-10-5-4-9(19-10)13-18-17-11(20-13)6-21-12-7(15)2-1-3-8(12)16/h1-5H,6H2. The van der Waals surface area contributed by atoms with Crippen molar-refractivity contribution in [1.29, 1.82) is 0 Å². The van der Waals surface area contributed by atoms with Crippen molar-refractivity contribution in [3.63, 3.8) is 0 Å². The molecule has 2 aromatic heterocycles. The van der Waals surface area contributed by atoms with Crippen molar-refractivity contribution in [2.45, 2.75) is 10.6 Å². The third-order valence-electron chi connectivity index (χ3n) is 2.51. The van der Waals surface area contributed by atoms with E-state index in [1.165, 1.54) is 11.8 Å². The zero-order valence-electron chi connectivity index (χ0n) is 10.3. The van der Waals surface area contributed by atoms with Gasteiger partial charge in [0.25, 0.3) is 5.89 Å². The van der Waals surface area contributed by atoms with E-state index in [4.69, 9.17) is 32.0 Å². The van der Waals surface area contributed by atoms with Gasteiger partial charge in [-0.05, 0) is 40.2 Å². The van der Waals surface area contributed by atoms with Gasteiger partial charge in [-0.25, -0.2) is 0 Å². The summed E-state index contributed by atoms with van der Waals surface area (Å²) >= 11 is 16.9. The fourth-order valence-electron chi connectivity index (χ4n) is 1.60. The SMILES string of the molecule is Clc1cccc(Cl)c1SCc1nnc(-c2ccc(Br)o2)o1. The Labute approximate surface area is 143 Å². The molecule has 0 saturated heterocycles. The average molecular weight is 406 g/mol. The van der Waals surface area contributed by atoms with E-state index in [-0.39, 0.29) is 0 Å². The zero-order chi connectivity index (χ0) is 14.8. The Morgan fingerprint density at radius 1 is 1.05 bits per heavy atom. The maximum atomic E-state index is 6.11. The number of halogens is 3. The largest absolute Gasteiger partial charge is 0.444 e. The van der Waals surface area contributed by atoms with Gasteiger partial charge in [0.1, 0.15) is 0 Å². The summed E-state index contributed by atoms with van der Waals surface area (Å²) in [5.74, 6) is 1.79. The Morgan fingerprint density at radius 2 is 1.81 bits per heavy atom. The molecule has 0 saturated carbocycles. The molecule has 0 amide bonds. The summed E-state index contributed by atoms with van der Waals surface area (Å²) in [6.45, 7) is 0. The summed E-state index contributed by atoms with van der Waals surface area (Å²) < 4.78 is 11.5. The lowest BCUT2D eigenvalue weighted by atomic mass is 10.4. The smallest absolute Gasteiger partial charge is 0.283 e. The topological polar surface area (TPSA) is 52.1 Å². The van der Waals surface area contributed by atoms with Crippen molar-refractivity contribution in [3.8, 4) is 11.7 Å². The molecule has 2 heterocycles. The van der Waals surface area contributed by atoms with Crippen molar-refractivity contribution in [2.24, 2.45) is 0 Å². The first-order valence-corrected chi connectivity index (χ1v) is 8.32. The average Bonchev–Trinajstić information content (AvgIpc) is 3.07. The third kappa shape index (κ3) is 3.45. The molecule has 0 N–H and O–H groups in total. The van der Waals surface area contributed by atoms with Gasteiger partial charge in [-0.2, -0.15) is 0 Å². The molecule has 0 aliphatic rings. The van der Waals surface area contributed by atoms with E-state index in [9.17, 15) is 0 Å². The molecular weight excluding hydrogens is 399 g/mol. The van der Waals surface area contributed by atoms with Crippen molar-refractivity contribution in [3.05, 3.63) is 50.9 Å². The molecule has 0 aliphatic heterocycles. The monoisotopic (exact) mass is 404 g/mol. The molecule has 8 heteroatoms. The Morgan fingerprint density at radius 3 is 2.48 bits per heavy atom. The van der Waals surface area contributed by atoms with Gasteiger partial charge in [-0.1, -0.05) is 29.3 Å². The Hall–Kier alpha value is -0.950. The number of benzene rings is 1. The van der Waals surface area contributed by atoms with E-state index >= 15 is 0 Å². The van der Waals surface area contributed by atoms with Gasteiger partial charge in [0, 0.05) is 4.90 Å². The molecule has 0 atom stereocenters. The molecule has 21 heavy (non-hydrogen) atoms. The second kappa shape index (κ2) is 6.44. The number of rotatable bonds is 4. The maximum absolute atomic E-state index is 6.11. The zero-order valence-corrected chi connectivity index (χ0v) is 14.3. The van der Waals surface area contributed by atoms with Crippen LogP contribution in [0.3, 0.4) is 0 Å². The van der Waals surface area contributed by atoms with E-state index in [1.54, 1.807) is 30.3 Å². The van der Waals surface area contributed by atoms with E-state index < -0.39 is 0 Å². The van der Waals surface area contributed by atoms with Crippen LogP contribution in [0.25, 0.3) is 11.7 Å². The first-order chi connectivity index (χ1) is 10.1. The number of hydrogen-bond acceptors (Lipinski definition) is 5. The van der Waals surface area contributed by atoms with Crippen LogP contribution in [0.15, 0.2) is 48.7 Å². The van der Waals surface area contributed by atoms with E-state index in [2.05, 4.69) is 26.1 Å². The molecule has 4 nitrogen and oxygen atoms in total. The highest BCUT2D eigenvalue weighted by atomic mass is 79.9. The fourth-order valence-corrected chi connectivity index (χ4v) is 3.42. The van der Waals surface area contributed by atoms with Gasteiger partial charge in [-0.15, -0.1) is 22.0 Å². The maximum Gasteiger partial charge on any atom is 0.283 e. The second-order valence-electron chi connectivity index (χ2n) is 3.94. The predicted octanol–water partition coefficient (Wildman–Crippen LogP) is 5.69. The van der Waals surface area contributed by atoms with Crippen LogP contribution in [0.2, 0.25) is 10.0 Å². The van der Waals surface area contributed by atoms with Gasteiger partial charge in [-0.3, -0.25) is 0 Å². The minimum atomic E-state index is 0.335.